The second-order valence-electron chi connectivity index (χ2n) is 5.32. The number of aliphatic hydroxyl groups excluding tert-OH is 1. The van der Waals surface area contributed by atoms with E-state index in [9.17, 15) is 14.7 Å². The number of nitrogens with one attached hydrogen (secondary N) is 2. The number of hydrogen-bond acceptors (Lipinski definition) is 4. The largest absolute Gasteiger partial charge is 0.387 e. The van der Waals surface area contributed by atoms with Crippen LogP contribution in [0.5, 0.6) is 0 Å². The Kier molecular flexibility index (Phi) is 6.40. The van der Waals surface area contributed by atoms with Crippen LogP contribution in [0.4, 0.5) is 5.69 Å². The summed E-state index contributed by atoms with van der Waals surface area (Å²) < 4.78 is 0. The minimum Gasteiger partial charge on any atom is -0.387 e. The van der Waals surface area contributed by atoms with Crippen molar-refractivity contribution in [1.82, 2.24) is 5.32 Å². The number of aryl methyl sites for hydroxylation is 1. The average molecular weight is 344 g/mol. The van der Waals surface area contributed by atoms with Crippen LogP contribution in [0.3, 0.4) is 0 Å². The Hall–Kier alpha value is -2.31. The summed E-state index contributed by atoms with van der Waals surface area (Å²) >= 11 is 1.61. The second kappa shape index (κ2) is 8.52. The molecule has 2 aromatic carbocycles. The number of hydrogen-bond donors (Lipinski definition) is 3. The van der Waals surface area contributed by atoms with E-state index < -0.39 is 17.9 Å². The molecule has 2 aromatic rings. The molecule has 0 aliphatic carbocycles. The van der Waals surface area contributed by atoms with Crippen LogP contribution in [0.1, 0.15) is 17.2 Å². The fourth-order valence-electron chi connectivity index (χ4n) is 2.12. The van der Waals surface area contributed by atoms with Crippen LogP contribution < -0.4 is 10.6 Å². The molecule has 0 aliphatic rings. The van der Waals surface area contributed by atoms with Crippen molar-refractivity contribution < 1.29 is 14.7 Å². The Labute approximate surface area is 145 Å². The maximum Gasteiger partial charge on any atom is 0.313 e. The Morgan fingerprint density at radius 2 is 1.83 bits per heavy atom. The van der Waals surface area contributed by atoms with Gasteiger partial charge in [-0.3, -0.25) is 9.59 Å². The van der Waals surface area contributed by atoms with Gasteiger partial charge in [0.05, 0.1) is 6.10 Å². The zero-order valence-corrected chi connectivity index (χ0v) is 14.4. The summed E-state index contributed by atoms with van der Waals surface area (Å²) in [7, 11) is 0. The molecule has 5 nitrogen and oxygen atoms in total. The van der Waals surface area contributed by atoms with E-state index in [0.29, 0.717) is 11.3 Å². The quantitative estimate of drug-likeness (QED) is 0.575. The van der Waals surface area contributed by atoms with Crippen LogP contribution in [0, 0.1) is 6.92 Å². The highest BCUT2D eigenvalue weighted by molar-refractivity contribution is 7.98. The maximum absolute atomic E-state index is 11.8. The van der Waals surface area contributed by atoms with Crippen LogP contribution in [0.25, 0.3) is 0 Å². The molecule has 6 heteroatoms. The molecule has 0 saturated carbocycles. The molecule has 0 bridgehead atoms. The van der Waals surface area contributed by atoms with Crippen LogP contribution in [-0.4, -0.2) is 29.7 Å². The van der Waals surface area contributed by atoms with E-state index >= 15 is 0 Å². The minimum atomic E-state index is -0.864. The van der Waals surface area contributed by atoms with Gasteiger partial charge in [-0.2, -0.15) is 0 Å². The highest BCUT2D eigenvalue weighted by atomic mass is 32.2. The van der Waals surface area contributed by atoms with Crippen molar-refractivity contribution in [3.8, 4) is 0 Å². The zero-order chi connectivity index (χ0) is 17.5. The van der Waals surface area contributed by atoms with Gasteiger partial charge in [0.25, 0.3) is 0 Å². The minimum absolute atomic E-state index is 0.0291. The summed E-state index contributed by atoms with van der Waals surface area (Å²) in [6, 6.07) is 14.6. The number of benzene rings is 2. The maximum atomic E-state index is 11.8. The van der Waals surface area contributed by atoms with Crippen LogP contribution in [0.2, 0.25) is 0 Å². The first-order chi connectivity index (χ1) is 11.5. The fourth-order valence-corrected chi connectivity index (χ4v) is 2.53. The summed E-state index contributed by atoms with van der Waals surface area (Å²) in [4.78, 5) is 24.8. The van der Waals surface area contributed by atoms with Crippen molar-refractivity contribution in [1.29, 1.82) is 0 Å². The van der Waals surface area contributed by atoms with E-state index in [1.165, 1.54) is 0 Å². The average Bonchev–Trinajstić information content (AvgIpc) is 2.59. The molecule has 2 rings (SSSR count). The molecule has 0 aromatic heterocycles. The van der Waals surface area contributed by atoms with Gasteiger partial charge in [-0.05, 0) is 48.6 Å². The molecule has 0 aliphatic heterocycles. The van der Waals surface area contributed by atoms with Crippen molar-refractivity contribution in [3.05, 3.63) is 59.7 Å². The van der Waals surface area contributed by atoms with E-state index in [1.807, 2.05) is 31.4 Å². The summed E-state index contributed by atoms with van der Waals surface area (Å²) in [6.07, 6.45) is 1.11. The first kappa shape index (κ1) is 18.0. The molecule has 24 heavy (non-hydrogen) atoms. The summed E-state index contributed by atoms with van der Waals surface area (Å²) in [5, 5.41) is 15.1. The molecule has 2 amide bonds. The normalized spacial score (nSPS) is 11.6. The number of carbonyl (C=O) groups is 2. The predicted octanol–water partition coefficient (Wildman–Crippen LogP) is 2.51. The van der Waals surface area contributed by atoms with Gasteiger partial charge in [0.1, 0.15) is 0 Å². The van der Waals surface area contributed by atoms with Gasteiger partial charge in [-0.15, -0.1) is 11.8 Å². The zero-order valence-electron chi connectivity index (χ0n) is 13.6. The number of rotatable bonds is 5. The Morgan fingerprint density at radius 1 is 1.12 bits per heavy atom. The van der Waals surface area contributed by atoms with Crippen LogP contribution >= 0.6 is 11.8 Å². The molecule has 1 atom stereocenters. The van der Waals surface area contributed by atoms with Crippen molar-refractivity contribution in [3.63, 3.8) is 0 Å². The second-order valence-corrected chi connectivity index (χ2v) is 6.20. The van der Waals surface area contributed by atoms with Crippen molar-refractivity contribution in [2.45, 2.75) is 17.9 Å². The first-order valence-corrected chi connectivity index (χ1v) is 8.70. The summed E-state index contributed by atoms with van der Waals surface area (Å²) in [5.74, 6) is -1.54. The van der Waals surface area contributed by atoms with E-state index in [4.69, 9.17) is 0 Å². The van der Waals surface area contributed by atoms with E-state index in [2.05, 4.69) is 10.6 Å². The Morgan fingerprint density at radius 3 is 2.46 bits per heavy atom. The van der Waals surface area contributed by atoms with Crippen molar-refractivity contribution in [2.24, 2.45) is 0 Å². The molecule has 3 N–H and O–H groups in total. The lowest BCUT2D eigenvalue weighted by Gasteiger charge is -2.13. The summed E-state index contributed by atoms with van der Waals surface area (Å²) in [5.41, 5.74) is 2.23. The molecule has 0 radical (unpaired) electrons. The molecule has 0 saturated heterocycles. The molecular formula is C18H20N2O3S. The summed E-state index contributed by atoms with van der Waals surface area (Å²) in [6.45, 7) is 1.87. The highest BCUT2D eigenvalue weighted by Gasteiger charge is 2.16. The van der Waals surface area contributed by atoms with Gasteiger partial charge in [0.15, 0.2) is 0 Å². The molecular weight excluding hydrogens is 324 g/mol. The van der Waals surface area contributed by atoms with E-state index in [-0.39, 0.29) is 6.54 Å². The number of carbonyl (C=O) groups excluding carboxylic acids is 2. The lowest BCUT2D eigenvalue weighted by atomic mass is 10.1. The molecule has 126 valence electrons. The molecule has 0 fully saturated rings. The van der Waals surface area contributed by atoms with E-state index in [1.54, 1.807) is 42.1 Å². The van der Waals surface area contributed by atoms with Gasteiger partial charge in [-0.25, -0.2) is 0 Å². The third kappa shape index (κ3) is 5.11. The van der Waals surface area contributed by atoms with Gasteiger partial charge in [0.2, 0.25) is 0 Å². The standard InChI is InChI=1S/C18H20N2O3S/c1-12-4-3-5-14(10-12)20-18(23)17(22)19-11-16(21)13-6-8-15(24-2)9-7-13/h3-10,16,21H,11H2,1-2H3,(H,19,22)(H,20,23). The SMILES string of the molecule is CSc1ccc(C(O)CNC(=O)C(=O)Nc2cccc(C)c2)cc1. The first-order valence-electron chi connectivity index (χ1n) is 7.47. The van der Waals surface area contributed by atoms with Gasteiger partial charge >= 0.3 is 11.8 Å². The van der Waals surface area contributed by atoms with Crippen molar-refractivity contribution >= 4 is 29.3 Å². The lowest BCUT2D eigenvalue weighted by molar-refractivity contribution is -0.136. The molecule has 0 heterocycles. The third-order valence-electron chi connectivity index (χ3n) is 3.44. The van der Waals surface area contributed by atoms with Crippen molar-refractivity contribution in [2.75, 3.05) is 18.1 Å². The topological polar surface area (TPSA) is 78.4 Å². The Bertz CT molecular complexity index is 716. The number of anilines is 1. The van der Waals surface area contributed by atoms with Crippen LogP contribution in [0.15, 0.2) is 53.4 Å². The Balaban J connectivity index is 1.86. The lowest BCUT2D eigenvalue weighted by Crippen LogP contribution is -2.37. The number of amides is 2. The molecule has 1 unspecified atom stereocenters. The highest BCUT2D eigenvalue weighted by Crippen LogP contribution is 2.18. The van der Waals surface area contributed by atoms with Gasteiger partial charge in [-0.1, -0.05) is 24.3 Å². The van der Waals surface area contributed by atoms with Gasteiger partial charge < -0.3 is 15.7 Å². The third-order valence-corrected chi connectivity index (χ3v) is 4.18. The fraction of sp³-hybridized carbons (Fsp3) is 0.222. The molecule has 0 spiro atoms. The predicted molar refractivity (Wildman–Crippen MR) is 96.0 cm³/mol. The number of thioether (sulfide) groups is 1. The smallest absolute Gasteiger partial charge is 0.313 e. The van der Waals surface area contributed by atoms with E-state index in [0.717, 1.165) is 10.5 Å². The number of aliphatic hydroxyl groups is 1. The monoisotopic (exact) mass is 344 g/mol. The van der Waals surface area contributed by atoms with Crippen LogP contribution in [-0.2, 0) is 9.59 Å². The van der Waals surface area contributed by atoms with Gasteiger partial charge in [0, 0.05) is 17.1 Å².